The van der Waals surface area contributed by atoms with Crippen LogP contribution in [-0.4, -0.2) is 33.4 Å². The maximum atomic E-state index is 12.5. The normalized spacial score (nSPS) is 13.9. The Morgan fingerprint density at radius 3 is 2.67 bits per heavy atom. The number of nitrogens with zero attached hydrogens (tertiary/aromatic N) is 4. The molecule has 8 nitrogen and oxygen atoms in total. The highest BCUT2D eigenvalue weighted by Gasteiger charge is 2.24. The number of carbonyl (C=O) groups excluding carboxylic acids is 2. The van der Waals surface area contributed by atoms with E-state index in [4.69, 9.17) is 0 Å². The minimum atomic E-state index is -0.416. The standard InChI is InChI=1S/C19H17N5O3/c25-17(12-24-19(27)13-6-1-2-7-14(13)21-22-24)20-15-8-3-4-9-16(15)23-11-5-10-18(23)26/h1-4,6-9H,5,10-12H2,(H,20,25). The van der Waals surface area contributed by atoms with Crippen LogP contribution in [-0.2, 0) is 16.1 Å². The van der Waals surface area contributed by atoms with E-state index < -0.39 is 5.91 Å². The average Bonchev–Trinajstić information content (AvgIpc) is 3.10. The molecule has 1 aromatic heterocycles. The Bertz CT molecular complexity index is 1090. The van der Waals surface area contributed by atoms with Crippen molar-refractivity contribution in [2.75, 3.05) is 16.8 Å². The van der Waals surface area contributed by atoms with E-state index in [2.05, 4.69) is 15.6 Å². The van der Waals surface area contributed by atoms with Gasteiger partial charge < -0.3 is 10.2 Å². The summed E-state index contributed by atoms with van der Waals surface area (Å²) in [5, 5.41) is 11.0. The summed E-state index contributed by atoms with van der Waals surface area (Å²) in [5.74, 6) is -0.380. The van der Waals surface area contributed by atoms with Gasteiger partial charge in [0.05, 0.1) is 16.8 Å². The first-order valence-electron chi connectivity index (χ1n) is 8.65. The van der Waals surface area contributed by atoms with Gasteiger partial charge in [0.25, 0.3) is 5.56 Å². The Morgan fingerprint density at radius 1 is 1.07 bits per heavy atom. The number of benzene rings is 2. The first kappa shape index (κ1) is 16.9. The lowest BCUT2D eigenvalue weighted by Crippen LogP contribution is -2.31. The predicted octanol–water partition coefficient (Wildman–Crippen LogP) is 1.56. The van der Waals surface area contributed by atoms with Gasteiger partial charge in [-0.25, -0.2) is 4.68 Å². The van der Waals surface area contributed by atoms with Crippen LogP contribution < -0.4 is 15.8 Å². The number of anilines is 2. The van der Waals surface area contributed by atoms with Gasteiger partial charge in [0.2, 0.25) is 11.8 Å². The van der Waals surface area contributed by atoms with E-state index in [1.807, 2.05) is 6.07 Å². The molecule has 8 heteroatoms. The number of fused-ring (bicyclic) bond motifs is 1. The minimum absolute atomic E-state index is 0.0355. The van der Waals surface area contributed by atoms with Crippen molar-refractivity contribution in [2.45, 2.75) is 19.4 Å². The van der Waals surface area contributed by atoms with Gasteiger partial charge in [0.15, 0.2) is 0 Å². The fraction of sp³-hybridized carbons (Fsp3) is 0.211. The highest BCUT2D eigenvalue weighted by Crippen LogP contribution is 2.29. The average molecular weight is 363 g/mol. The van der Waals surface area contributed by atoms with Gasteiger partial charge in [-0.1, -0.05) is 29.5 Å². The summed E-state index contributed by atoms with van der Waals surface area (Å²) in [6.45, 7) is 0.361. The molecule has 1 aliphatic rings. The number of para-hydroxylation sites is 2. The van der Waals surface area contributed by atoms with Crippen LogP contribution in [0.3, 0.4) is 0 Å². The van der Waals surface area contributed by atoms with Gasteiger partial charge in [-0.2, -0.15) is 0 Å². The van der Waals surface area contributed by atoms with E-state index in [1.54, 1.807) is 47.4 Å². The molecule has 27 heavy (non-hydrogen) atoms. The molecule has 0 radical (unpaired) electrons. The van der Waals surface area contributed by atoms with Gasteiger partial charge in [0, 0.05) is 13.0 Å². The summed E-state index contributed by atoms with van der Waals surface area (Å²) >= 11 is 0. The van der Waals surface area contributed by atoms with E-state index in [0.29, 0.717) is 35.2 Å². The summed E-state index contributed by atoms with van der Waals surface area (Å²) in [6, 6.07) is 14.0. The molecule has 1 saturated heterocycles. The fourth-order valence-electron chi connectivity index (χ4n) is 3.17. The molecule has 4 rings (SSSR count). The minimum Gasteiger partial charge on any atom is -0.323 e. The second-order valence-electron chi connectivity index (χ2n) is 6.28. The predicted molar refractivity (Wildman–Crippen MR) is 100 cm³/mol. The van der Waals surface area contributed by atoms with Gasteiger partial charge in [-0.05, 0) is 30.7 Å². The molecule has 2 amide bonds. The Morgan fingerprint density at radius 2 is 1.85 bits per heavy atom. The molecule has 1 fully saturated rings. The Labute approximate surface area is 154 Å². The van der Waals surface area contributed by atoms with Gasteiger partial charge >= 0.3 is 0 Å². The van der Waals surface area contributed by atoms with Crippen LogP contribution in [0.4, 0.5) is 11.4 Å². The number of aromatic nitrogens is 3. The first-order valence-corrected chi connectivity index (χ1v) is 8.65. The van der Waals surface area contributed by atoms with E-state index in [0.717, 1.165) is 11.1 Å². The topological polar surface area (TPSA) is 97.2 Å². The van der Waals surface area contributed by atoms with Gasteiger partial charge in [-0.3, -0.25) is 14.4 Å². The molecule has 0 atom stereocenters. The van der Waals surface area contributed by atoms with E-state index >= 15 is 0 Å². The second kappa shape index (κ2) is 6.99. The Balaban J connectivity index is 1.57. The summed E-state index contributed by atoms with van der Waals surface area (Å²) in [4.78, 5) is 38.6. The number of carbonyl (C=O) groups is 2. The van der Waals surface area contributed by atoms with Crippen LogP contribution in [0, 0.1) is 0 Å². The van der Waals surface area contributed by atoms with Crippen LogP contribution in [0.2, 0.25) is 0 Å². The third-order valence-electron chi connectivity index (χ3n) is 4.47. The molecule has 136 valence electrons. The molecule has 0 aliphatic carbocycles. The Kier molecular flexibility index (Phi) is 4.37. The third kappa shape index (κ3) is 3.29. The molecule has 1 N–H and O–H groups in total. The number of hydrogen-bond donors (Lipinski definition) is 1. The molecule has 1 aliphatic heterocycles. The van der Waals surface area contributed by atoms with Crippen molar-refractivity contribution >= 4 is 34.1 Å². The smallest absolute Gasteiger partial charge is 0.278 e. The van der Waals surface area contributed by atoms with Crippen molar-refractivity contribution in [3.8, 4) is 0 Å². The van der Waals surface area contributed by atoms with Crippen molar-refractivity contribution in [3.05, 3.63) is 58.9 Å². The van der Waals surface area contributed by atoms with Crippen molar-refractivity contribution < 1.29 is 9.59 Å². The summed E-state index contributed by atoms with van der Waals surface area (Å²) < 4.78 is 1.03. The van der Waals surface area contributed by atoms with Crippen molar-refractivity contribution in [1.82, 2.24) is 15.0 Å². The Hall–Kier alpha value is -3.55. The first-order chi connectivity index (χ1) is 13.1. The number of rotatable bonds is 4. The van der Waals surface area contributed by atoms with Crippen molar-refractivity contribution in [1.29, 1.82) is 0 Å². The number of amides is 2. The lowest BCUT2D eigenvalue weighted by atomic mass is 10.2. The fourth-order valence-corrected chi connectivity index (χ4v) is 3.17. The highest BCUT2D eigenvalue weighted by molar-refractivity contribution is 6.02. The van der Waals surface area contributed by atoms with E-state index in [1.165, 1.54) is 0 Å². The van der Waals surface area contributed by atoms with Crippen LogP contribution in [0.25, 0.3) is 10.9 Å². The zero-order chi connectivity index (χ0) is 18.8. The van der Waals surface area contributed by atoms with E-state index in [9.17, 15) is 14.4 Å². The molecule has 2 heterocycles. The van der Waals surface area contributed by atoms with Gasteiger partial charge in [0.1, 0.15) is 12.1 Å². The van der Waals surface area contributed by atoms with Crippen LogP contribution in [0.15, 0.2) is 53.3 Å². The summed E-state index contributed by atoms with van der Waals surface area (Å²) in [5.41, 5.74) is 1.29. The van der Waals surface area contributed by atoms with Crippen LogP contribution in [0.1, 0.15) is 12.8 Å². The zero-order valence-corrected chi connectivity index (χ0v) is 14.5. The molecule has 0 saturated carbocycles. The maximum absolute atomic E-state index is 12.5. The molecule has 0 unspecified atom stereocenters. The molecule has 2 aromatic carbocycles. The zero-order valence-electron chi connectivity index (χ0n) is 14.5. The monoisotopic (exact) mass is 363 g/mol. The lowest BCUT2D eigenvalue weighted by molar-refractivity contribution is -0.118. The summed E-state index contributed by atoms with van der Waals surface area (Å²) in [7, 11) is 0. The quantitative estimate of drug-likeness (QED) is 0.759. The molecular formula is C19H17N5O3. The van der Waals surface area contributed by atoms with Crippen molar-refractivity contribution in [3.63, 3.8) is 0 Å². The summed E-state index contributed by atoms with van der Waals surface area (Å²) in [6.07, 6.45) is 1.30. The SMILES string of the molecule is O=C(Cn1nnc2ccccc2c1=O)Nc1ccccc1N1CCCC1=O. The highest BCUT2D eigenvalue weighted by atomic mass is 16.2. The molecule has 0 spiro atoms. The molecular weight excluding hydrogens is 346 g/mol. The van der Waals surface area contributed by atoms with Crippen LogP contribution in [0.5, 0.6) is 0 Å². The largest absolute Gasteiger partial charge is 0.323 e. The molecule has 0 bridgehead atoms. The lowest BCUT2D eigenvalue weighted by Gasteiger charge is -2.20. The third-order valence-corrected chi connectivity index (χ3v) is 4.47. The number of hydrogen-bond acceptors (Lipinski definition) is 5. The van der Waals surface area contributed by atoms with Crippen molar-refractivity contribution in [2.24, 2.45) is 0 Å². The maximum Gasteiger partial charge on any atom is 0.278 e. The number of nitrogens with one attached hydrogen (secondary N) is 1. The van der Waals surface area contributed by atoms with Crippen LogP contribution >= 0.6 is 0 Å². The van der Waals surface area contributed by atoms with E-state index in [-0.39, 0.29) is 18.0 Å². The second-order valence-corrected chi connectivity index (χ2v) is 6.28. The van der Waals surface area contributed by atoms with Gasteiger partial charge in [-0.15, -0.1) is 5.10 Å². The molecule has 3 aromatic rings.